The number of halogens is 2. The summed E-state index contributed by atoms with van der Waals surface area (Å²) in [5.74, 6) is 0.178. The van der Waals surface area contributed by atoms with E-state index in [-0.39, 0.29) is 5.91 Å². The van der Waals surface area contributed by atoms with E-state index in [0.717, 1.165) is 9.37 Å². The summed E-state index contributed by atoms with van der Waals surface area (Å²) in [5, 5.41) is 7.50. The van der Waals surface area contributed by atoms with E-state index in [1.807, 2.05) is 24.3 Å². The highest BCUT2D eigenvalue weighted by molar-refractivity contribution is 9.10. The summed E-state index contributed by atoms with van der Waals surface area (Å²) in [5.41, 5.74) is 1.30. The Labute approximate surface area is 156 Å². The average Bonchev–Trinajstić information content (AvgIpc) is 3.09. The second-order valence-corrected chi connectivity index (χ2v) is 7.19. The van der Waals surface area contributed by atoms with Gasteiger partial charge in [-0.3, -0.25) is 4.79 Å². The predicted octanol–water partition coefficient (Wildman–Crippen LogP) is 4.41. The number of rotatable bonds is 5. The van der Waals surface area contributed by atoms with Crippen LogP contribution in [0.25, 0.3) is 5.69 Å². The van der Waals surface area contributed by atoms with Gasteiger partial charge < -0.3 is 5.32 Å². The molecule has 0 unspecified atom stereocenters. The van der Waals surface area contributed by atoms with E-state index < -0.39 is 0 Å². The molecule has 8 heteroatoms. The fourth-order valence-electron chi connectivity index (χ4n) is 2.01. The third-order valence-corrected chi connectivity index (χ3v) is 4.86. The van der Waals surface area contributed by atoms with Crippen LogP contribution in [0.4, 0.5) is 5.69 Å². The van der Waals surface area contributed by atoms with Gasteiger partial charge in [-0.05, 0) is 42.5 Å². The monoisotopic (exact) mass is 422 g/mol. The van der Waals surface area contributed by atoms with Gasteiger partial charge in [-0.25, -0.2) is 9.67 Å². The Balaban J connectivity index is 1.70. The number of nitrogens with zero attached hydrogens (tertiary/aromatic N) is 3. The predicted molar refractivity (Wildman–Crippen MR) is 99.9 cm³/mol. The van der Waals surface area contributed by atoms with E-state index in [0.29, 0.717) is 22.2 Å². The molecule has 0 fully saturated rings. The van der Waals surface area contributed by atoms with E-state index in [1.165, 1.54) is 18.1 Å². The molecule has 1 heterocycles. The van der Waals surface area contributed by atoms with Crippen LogP contribution in [0.1, 0.15) is 0 Å². The maximum Gasteiger partial charge on any atom is 0.234 e. The minimum Gasteiger partial charge on any atom is -0.323 e. The number of carbonyl (C=O) groups is 1. The zero-order chi connectivity index (χ0) is 16.9. The van der Waals surface area contributed by atoms with E-state index >= 15 is 0 Å². The third kappa shape index (κ3) is 4.37. The minimum atomic E-state index is -0.119. The molecule has 0 aliphatic heterocycles. The van der Waals surface area contributed by atoms with Gasteiger partial charge in [0.05, 0.1) is 17.1 Å². The van der Waals surface area contributed by atoms with Crippen LogP contribution >= 0.6 is 39.3 Å². The number of anilines is 1. The first-order valence-electron chi connectivity index (χ1n) is 6.94. The molecule has 1 N–H and O–H groups in total. The summed E-state index contributed by atoms with van der Waals surface area (Å²) < 4.78 is 2.58. The standard InChI is InChI=1S/C16H12BrClN4OS/c17-11-1-4-13(5-2-11)24-8-16(23)21-14-7-12(18)3-6-15(14)22-10-19-9-20-22/h1-7,9-10H,8H2,(H,21,23). The number of amides is 1. The van der Waals surface area contributed by atoms with Gasteiger partial charge in [-0.15, -0.1) is 11.8 Å². The van der Waals surface area contributed by atoms with Gasteiger partial charge >= 0.3 is 0 Å². The van der Waals surface area contributed by atoms with Crippen LogP contribution in [-0.4, -0.2) is 26.4 Å². The Bertz CT molecular complexity index is 840. The first-order valence-corrected chi connectivity index (χ1v) is 9.10. The van der Waals surface area contributed by atoms with E-state index in [4.69, 9.17) is 11.6 Å². The van der Waals surface area contributed by atoms with Crippen molar-refractivity contribution in [3.8, 4) is 5.69 Å². The summed E-state index contributed by atoms with van der Waals surface area (Å²) in [4.78, 5) is 17.2. The largest absolute Gasteiger partial charge is 0.323 e. The highest BCUT2D eigenvalue weighted by Gasteiger charge is 2.10. The highest BCUT2D eigenvalue weighted by atomic mass is 79.9. The SMILES string of the molecule is O=C(CSc1ccc(Br)cc1)Nc1cc(Cl)ccc1-n1cncn1. The zero-order valence-electron chi connectivity index (χ0n) is 12.3. The molecule has 3 aromatic rings. The fourth-order valence-corrected chi connectivity index (χ4v) is 3.14. The van der Waals surface area contributed by atoms with Crippen LogP contribution in [0.15, 0.2) is 64.5 Å². The summed E-state index contributed by atoms with van der Waals surface area (Å²) in [7, 11) is 0. The number of thioether (sulfide) groups is 1. The van der Waals surface area contributed by atoms with E-state index in [2.05, 4.69) is 31.3 Å². The lowest BCUT2D eigenvalue weighted by atomic mass is 10.2. The Morgan fingerprint density at radius 3 is 2.75 bits per heavy atom. The summed E-state index contributed by atoms with van der Waals surface area (Å²) >= 11 is 10.9. The number of hydrogen-bond donors (Lipinski definition) is 1. The number of hydrogen-bond acceptors (Lipinski definition) is 4. The Morgan fingerprint density at radius 1 is 1.25 bits per heavy atom. The highest BCUT2D eigenvalue weighted by Crippen LogP contribution is 2.25. The Morgan fingerprint density at radius 2 is 2.04 bits per heavy atom. The third-order valence-electron chi connectivity index (χ3n) is 3.08. The van der Waals surface area contributed by atoms with Gasteiger partial charge in [0.1, 0.15) is 12.7 Å². The summed E-state index contributed by atoms with van der Waals surface area (Å²) in [6, 6.07) is 13.0. The van der Waals surface area contributed by atoms with Crippen LogP contribution in [0.2, 0.25) is 5.02 Å². The summed E-state index contributed by atoms with van der Waals surface area (Å²) in [6.45, 7) is 0. The van der Waals surface area contributed by atoms with Gasteiger partial charge in [0.25, 0.3) is 0 Å². The first kappa shape index (κ1) is 17.0. The number of aromatic nitrogens is 3. The van der Waals surface area contributed by atoms with Crippen LogP contribution in [0, 0.1) is 0 Å². The zero-order valence-corrected chi connectivity index (χ0v) is 15.5. The van der Waals surface area contributed by atoms with Gasteiger partial charge in [-0.1, -0.05) is 27.5 Å². The van der Waals surface area contributed by atoms with Crippen LogP contribution in [-0.2, 0) is 4.79 Å². The van der Waals surface area contributed by atoms with Crippen molar-refractivity contribution in [3.05, 3.63) is 64.6 Å². The van der Waals surface area contributed by atoms with Gasteiger partial charge in [0.2, 0.25) is 5.91 Å². The van der Waals surface area contributed by atoms with Crippen molar-refractivity contribution in [2.24, 2.45) is 0 Å². The molecule has 1 amide bonds. The Kier molecular flexibility index (Phi) is 5.55. The van der Waals surface area contributed by atoms with Crippen molar-refractivity contribution >= 4 is 50.9 Å². The fraction of sp³-hybridized carbons (Fsp3) is 0.0625. The normalized spacial score (nSPS) is 10.6. The molecule has 2 aromatic carbocycles. The maximum atomic E-state index is 12.3. The molecule has 0 saturated heterocycles. The first-order chi connectivity index (χ1) is 11.6. The lowest BCUT2D eigenvalue weighted by Gasteiger charge is -2.11. The van der Waals surface area contributed by atoms with Crippen molar-refractivity contribution in [2.75, 3.05) is 11.1 Å². The van der Waals surface area contributed by atoms with Crippen molar-refractivity contribution in [1.29, 1.82) is 0 Å². The number of carbonyl (C=O) groups excluding carboxylic acids is 1. The molecule has 3 rings (SSSR count). The minimum absolute atomic E-state index is 0.119. The quantitative estimate of drug-likeness (QED) is 0.617. The average molecular weight is 424 g/mol. The maximum absolute atomic E-state index is 12.3. The lowest BCUT2D eigenvalue weighted by molar-refractivity contribution is -0.113. The van der Waals surface area contributed by atoms with Gasteiger partial charge in [0.15, 0.2) is 0 Å². The molecule has 0 aliphatic rings. The van der Waals surface area contributed by atoms with Crippen molar-refractivity contribution in [2.45, 2.75) is 4.90 Å². The molecule has 24 heavy (non-hydrogen) atoms. The van der Waals surface area contributed by atoms with Gasteiger partial charge in [-0.2, -0.15) is 5.10 Å². The van der Waals surface area contributed by atoms with E-state index in [9.17, 15) is 4.79 Å². The van der Waals surface area contributed by atoms with Crippen LogP contribution in [0.5, 0.6) is 0 Å². The molecule has 0 radical (unpaired) electrons. The van der Waals surface area contributed by atoms with Crippen molar-refractivity contribution < 1.29 is 4.79 Å². The van der Waals surface area contributed by atoms with Crippen molar-refractivity contribution in [3.63, 3.8) is 0 Å². The number of nitrogens with one attached hydrogen (secondary N) is 1. The molecule has 1 aromatic heterocycles. The van der Waals surface area contributed by atoms with E-state index in [1.54, 1.807) is 29.2 Å². The van der Waals surface area contributed by atoms with Crippen LogP contribution in [0.3, 0.4) is 0 Å². The second kappa shape index (κ2) is 7.83. The number of benzene rings is 2. The molecule has 0 aliphatic carbocycles. The topological polar surface area (TPSA) is 59.8 Å². The molecule has 0 spiro atoms. The van der Waals surface area contributed by atoms with Gasteiger partial charge in [0, 0.05) is 14.4 Å². The molecule has 5 nitrogen and oxygen atoms in total. The van der Waals surface area contributed by atoms with Crippen molar-refractivity contribution in [1.82, 2.24) is 14.8 Å². The lowest BCUT2D eigenvalue weighted by Crippen LogP contribution is -2.16. The second-order valence-electron chi connectivity index (χ2n) is 4.79. The molecule has 0 bridgehead atoms. The summed E-state index contributed by atoms with van der Waals surface area (Å²) in [6.07, 6.45) is 3.00. The molecule has 0 saturated carbocycles. The molecular formula is C16H12BrClN4OS. The van der Waals surface area contributed by atoms with Crippen LogP contribution < -0.4 is 5.32 Å². The Hall–Kier alpha value is -1.83. The molecular weight excluding hydrogens is 412 g/mol. The molecule has 0 atom stereocenters. The molecule has 122 valence electrons. The smallest absolute Gasteiger partial charge is 0.234 e.